The summed E-state index contributed by atoms with van der Waals surface area (Å²) in [6.07, 6.45) is 4.48. The first-order chi connectivity index (χ1) is 8.80. The van der Waals surface area contributed by atoms with Crippen LogP contribution in [0.15, 0.2) is 24.3 Å². The largest absolute Gasteiger partial charge is 0.388 e. The molecule has 0 aliphatic heterocycles. The van der Waals surface area contributed by atoms with E-state index in [1.54, 1.807) is 0 Å². The molecule has 0 heterocycles. The third-order valence-electron chi connectivity index (χ3n) is 6.53. The maximum absolute atomic E-state index is 11.5. The summed E-state index contributed by atoms with van der Waals surface area (Å²) in [5.41, 5.74) is 2.19. The highest BCUT2D eigenvalue weighted by atomic mass is 16.3. The molecular formula is C18H26O. The zero-order chi connectivity index (χ0) is 13.9. The summed E-state index contributed by atoms with van der Waals surface area (Å²) in [6, 6.07) is 8.50. The lowest BCUT2D eigenvalue weighted by Gasteiger charge is -2.51. The quantitative estimate of drug-likeness (QED) is 0.846. The Hall–Kier alpha value is -0.820. The van der Waals surface area contributed by atoms with E-state index < -0.39 is 5.60 Å². The summed E-state index contributed by atoms with van der Waals surface area (Å²) < 4.78 is 0. The second-order valence-corrected chi connectivity index (χ2v) is 7.69. The Kier molecular flexibility index (Phi) is 2.67. The van der Waals surface area contributed by atoms with E-state index >= 15 is 0 Å². The molecule has 2 aliphatic rings. The van der Waals surface area contributed by atoms with Crippen molar-refractivity contribution in [3.8, 4) is 0 Å². The highest BCUT2D eigenvalue weighted by molar-refractivity contribution is 5.31. The number of fused-ring (bicyclic) bond motifs is 2. The van der Waals surface area contributed by atoms with Crippen LogP contribution in [0.1, 0.15) is 51.2 Å². The first-order valence-corrected chi connectivity index (χ1v) is 7.57. The molecule has 1 aromatic carbocycles. The molecule has 1 aromatic rings. The molecule has 3 rings (SSSR count). The molecule has 3 atom stereocenters. The topological polar surface area (TPSA) is 20.2 Å². The van der Waals surface area contributed by atoms with Crippen molar-refractivity contribution in [3.63, 3.8) is 0 Å². The maximum atomic E-state index is 11.5. The van der Waals surface area contributed by atoms with Gasteiger partial charge in [0.2, 0.25) is 0 Å². The first kappa shape index (κ1) is 13.2. The van der Waals surface area contributed by atoms with Crippen molar-refractivity contribution < 1.29 is 5.11 Å². The van der Waals surface area contributed by atoms with Gasteiger partial charge in [0.05, 0.1) is 5.60 Å². The summed E-state index contributed by atoms with van der Waals surface area (Å²) in [6.45, 7) is 9.02. The van der Waals surface area contributed by atoms with Gasteiger partial charge in [0, 0.05) is 6.42 Å². The summed E-state index contributed by atoms with van der Waals surface area (Å²) in [7, 11) is 0. The monoisotopic (exact) mass is 258 g/mol. The van der Waals surface area contributed by atoms with Crippen LogP contribution in [0.3, 0.4) is 0 Å². The Morgan fingerprint density at radius 2 is 1.89 bits per heavy atom. The van der Waals surface area contributed by atoms with Crippen LogP contribution in [0.2, 0.25) is 0 Å². The van der Waals surface area contributed by atoms with Gasteiger partial charge in [0.15, 0.2) is 0 Å². The van der Waals surface area contributed by atoms with E-state index in [0.717, 1.165) is 6.42 Å². The van der Waals surface area contributed by atoms with Crippen molar-refractivity contribution in [2.45, 2.75) is 59.0 Å². The highest BCUT2D eigenvalue weighted by Crippen LogP contribution is 2.68. The maximum Gasteiger partial charge on any atom is 0.0794 e. The zero-order valence-corrected chi connectivity index (χ0v) is 12.7. The zero-order valence-electron chi connectivity index (χ0n) is 12.7. The van der Waals surface area contributed by atoms with Gasteiger partial charge in [-0.1, -0.05) is 45.0 Å². The number of hydrogen-bond donors (Lipinski definition) is 1. The fourth-order valence-corrected chi connectivity index (χ4v) is 4.87. The summed E-state index contributed by atoms with van der Waals surface area (Å²) in [4.78, 5) is 0. The molecule has 1 heteroatoms. The molecule has 104 valence electrons. The van der Waals surface area contributed by atoms with Crippen LogP contribution >= 0.6 is 0 Å². The minimum Gasteiger partial charge on any atom is -0.388 e. The van der Waals surface area contributed by atoms with E-state index in [1.807, 2.05) is 0 Å². The second kappa shape index (κ2) is 3.85. The predicted octanol–water partition coefficient (Wildman–Crippen LogP) is 4.11. The Labute approximate surface area is 117 Å². The van der Waals surface area contributed by atoms with Crippen LogP contribution in [0.5, 0.6) is 0 Å². The molecule has 2 aliphatic carbocycles. The molecule has 1 nitrogen and oxygen atoms in total. The van der Waals surface area contributed by atoms with E-state index in [-0.39, 0.29) is 10.8 Å². The SMILES string of the molecule is Cc1ccccc1CC1(O)C2(C)CCC(C2)C1(C)C. The number of benzene rings is 1. The van der Waals surface area contributed by atoms with Crippen molar-refractivity contribution in [3.05, 3.63) is 35.4 Å². The Morgan fingerprint density at radius 1 is 1.21 bits per heavy atom. The third kappa shape index (κ3) is 1.57. The van der Waals surface area contributed by atoms with Gasteiger partial charge >= 0.3 is 0 Å². The number of aryl methyl sites for hydroxylation is 1. The van der Waals surface area contributed by atoms with Gasteiger partial charge in [-0.25, -0.2) is 0 Å². The molecule has 0 amide bonds. The molecule has 19 heavy (non-hydrogen) atoms. The summed E-state index contributed by atoms with van der Waals surface area (Å²) in [5.74, 6) is 0.687. The number of aliphatic hydroxyl groups is 1. The lowest BCUT2D eigenvalue weighted by atomic mass is 9.58. The number of rotatable bonds is 2. The molecule has 0 aromatic heterocycles. The van der Waals surface area contributed by atoms with Crippen molar-refractivity contribution in [2.24, 2.45) is 16.7 Å². The van der Waals surface area contributed by atoms with E-state index in [2.05, 4.69) is 52.0 Å². The van der Waals surface area contributed by atoms with Gasteiger partial charge in [-0.3, -0.25) is 0 Å². The Balaban J connectivity index is 2.01. The second-order valence-electron chi connectivity index (χ2n) is 7.69. The third-order valence-corrected chi connectivity index (χ3v) is 6.53. The fraction of sp³-hybridized carbons (Fsp3) is 0.667. The van der Waals surface area contributed by atoms with Crippen LogP contribution in [0.4, 0.5) is 0 Å². The minimum absolute atomic E-state index is 0.0300. The van der Waals surface area contributed by atoms with Crippen LogP contribution in [-0.2, 0) is 6.42 Å². The average molecular weight is 258 g/mol. The molecule has 2 saturated carbocycles. The lowest BCUT2D eigenvalue weighted by molar-refractivity contribution is -0.142. The average Bonchev–Trinajstić information content (AvgIpc) is 2.81. The van der Waals surface area contributed by atoms with Gasteiger partial charge < -0.3 is 5.11 Å². The molecule has 2 fully saturated rings. The van der Waals surface area contributed by atoms with Crippen LogP contribution in [-0.4, -0.2) is 10.7 Å². The number of hydrogen-bond acceptors (Lipinski definition) is 1. The molecular weight excluding hydrogens is 232 g/mol. The molecule has 0 radical (unpaired) electrons. The van der Waals surface area contributed by atoms with Crippen molar-refractivity contribution in [1.82, 2.24) is 0 Å². The standard InChI is InChI=1S/C18H26O/c1-13-7-5-6-8-14(13)11-18(19)16(2,3)15-9-10-17(18,4)12-15/h5-8,15,19H,9-12H2,1-4H3. The van der Waals surface area contributed by atoms with E-state index in [9.17, 15) is 5.11 Å². The van der Waals surface area contributed by atoms with Crippen molar-refractivity contribution in [1.29, 1.82) is 0 Å². The fourth-order valence-electron chi connectivity index (χ4n) is 4.87. The van der Waals surface area contributed by atoms with E-state index in [4.69, 9.17) is 0 Å². The van der Waals surface area contributed by atoms with E-state index in [0.29, 0.717) is 5.92 Å². The van der Waals surface area contributed by atoms with Gasteiger partial charge in [-0.05, 0) is 54.1 Å². The smallest absolute Gasteiger partial charge is 0.0794 e. The molecule has 0 spiro atoms. The molecule has 0 saturated heterocycles. The Bertz CT molecular complexity index is 497. The lowest BCUT2D eigenvalue weighted by Crippen LogP contribution is -2.55. The van der Waals surface area contributed by atoms with E-state index in [1.165, 1.54) is 30.4 Å². The van der Waals surface area contributed by atoms with Gasteiger partial charge in [0.1, 0.15) is 0 Å². The highest BCUT2D eigenvalue weighted by Gasteiger charge is 2.67. The molecule has 1 N–H and O–H groups in total. The van der Waals surface area contributed by atoms with Crippen molar-refractivity contribution in [2.75, 3.05) is 0 Å². The molecule has 2 bridgehead atoms. The van der Waals surface area contributed by atoms with Crippen LogP contribution in [0.25, 0.3) is 0 Å². The summed E-state index contributed by atoms with van der Waals surface area (Å²) in [5, 5.41) is 11.5. The minimum atomic E-state index is -0.560. The van der Waals surface area contributed by atoms with Crippen LogP contribution < -0.4 is 0 Å². The Morgan fingerprint density at radius 3 is 2.47 bits per heavy atom. The van der Waals surface area contributed by atoms with Gasteiger partial charge in [0.25, 0.3) is 0 Å². The normalized spacial score (nSPS) is 39.7. The van der Waals surface area contributed by atoms with Gasteiger partial charge in [-0.15, -0.1) is 0 Å². The predicted molar refractivity (Wildman–Crippen MR) is 79.1 cm³/mol. The van der Waals surface area contributed by atoms with Gasteiger partial charge in [-0.2, -0.15) is 0 Å². The first-order valence-electron chi connectivity index (χ1n) is 7.57. The van der Waals surface area contributed by atoms with Crippen LogP contribution in [0, 0.1) is 23.7 Å². The summed E-state index contributed by atoms with van der Waals surface area (Å²) >= 11 is 0. The molecule has 3 unspecified atom stereocenters. The van der Waals surface area contributed by atoms with Crippen molar-refractivity contribution >= 4 is 0 Å².